The Morgan fingerprint density at radius 3 is 2.50 bits per heavy atom. The zero-order valence-electron chi connectivity index (χ0n) is 23.2. The lowest BCUT2D eigenvalue weighted by Gasteiger charge is -2.24. The van der Waals surface area contributed by atoms with Gasteiger partial charge in [0.05, 0.1) is 28.5 Å². The number of carbonyl (C=O) groups is 1. The second-order valence-electron chi connectivity index (χ2n) is 10.1. The maximum Gasteiger partial charge on any atom is 0.338 e. The van der Waals surface area contributed by atoms with E-state index in [1.807, 2.05) is 55.5 Å². The number of rotatable bonds is 6. The number of aromatic nitrogens is 2. The van der Waals surface area contributed by atoms with E-state index in [-0.39, 0.29) is 17.7 Å². The Hall–Kier alpha value is -4.27. The van der Waals surface area contributed by atoms with Crippen LogP contribution in [-0.2, 0) is 16.1 Å². The van der Waals surface area contributed by atoms with Crippen molar-refractivity contribution >= 4 is 45.9 Å². The minimum Gasteiger partial charge on any atom is -0.463 e. The molecule has 0 bridgehead atoms. The van der Waals surface area contributed by atoms with Crippen LogP contribution in [0, 0.1) is 12.7 Å². The van der Waals surface area contributed by atoms with Crippen LogP contribution in [0.2, 0.25) is 5.02 Å². The fourth-order valence-corrected chi connectivity index (χ4v) is 6.65. The molecule has 1 atom stereocenters. The minimum absolute atomic E-state index is 0.176. The van der Waals surface area contributed by atoms with Crippen LogP contribution >= 0.6 is 22.9 Å². The third-order valence-electron chi connectivity index (χ3n) is 7.51. The van der Waals surface area contributed by atoms with Gasteiger partial charge in [0.2, 0.25) is 0 Å². The van der Waals surface area contributed by atoms with Crippen LogP contribution in [0.3, 0.4) is 0 Å². The summed E-state index contributed by atoms with van der Waals surface area (Å²) in [6.45, 7) is 6.32. The van der Waals surface area contributed by atoms with E-state index in [2.05, 4.69) is 15.6 Å². The van der Waals surface area contributed by atoms with E-state index in [1.165, 1.54) is 28.0 Å². The van der Waals surface area contributed by atoms with Gasteiger partial charge in [-0.15, -0.1) is 0 Å². The van der Waals surface area contributed by atoms with E-state index in [0.29, 0.717) is 32.2 Å². The van der Waals surface area contributed by atoms with Crippen molar-refractivity contribution in [3.63, 3.8) is 0 Å². The summed E-state index contributed by atoms with van der Waals surface area (Å²) in [5, 5.41) is 1.71. The van der Waals surface area contributed by atoms with Gasteiger partial charge in [-0.1, -0.05) is 65.4 Å². The largest absolute Gasteiger partial charge is 0.463 e. The maximum absolute atomic E-state index is 14.1. The number of nitrogens with zero attached hydrogens (tertiary/aromatic N) is 3. The Morgan fingerprint density at radius 1 is 1.07 bits per heavy atom. The summed E-state index contributed by atoms with van der Waals surface area (Å²) in [5.41, 5.74) is 5.14. The second-order valence-corrected chi connectivity index (χ2v) is 11.5. The van der Waals surface area contributed by atoms with E-state index >= 15 is 0 Å². The van der Waals surface area contributed by atoms with Crippen LogP contribution in [0.15, 0.2) is 93.9 Å². The minimum atomic E-state index is -0.796. The van der Waals surface area contributed by atoms with E-state index in [9.17, 15) is 14.0 Å². The first-order valence-corrected chi connectivity index (χ1v) is 14.7. The molecule has 1 aliphatic rings. The smallest absolute Gasteiger partial charge is 0.338 e. The van der Waals surface area contributed by atoms with Gasteiger partial charge in [-0.25, -0.2) is 14.2 Å². The summed E-state index contributed by atoms with van der Waals surface area (Å²) in [6, 6.07) is 20.9. The Balaban J connectivity index is 1.54. The second kappa shape index (κ2) is 11.2. The zero-order chi connectivity index (χ0) is 29.5. The Morgan fingerprint density at radius 2 is 1.79 bits per heavy atom. The van der Waals surface area contributed by atoms with Gasteiger partial charge in [-0.05, 0) is 68.3 Å². The Bertz CT molecular complexity index is 2050. The molecular formula is C33H27ClFN3O3S. The van der Waals surface area contributed by atoms with Crippen molar-refractivity contribution in [2.75, 3.05) is 6.61 Å². The maximum atomic E-state index is 14.1. The molecule has 0 radical (unpaired) electrons. The molecule has 3 heterocycles. The number of benzene rings is 3. The quantitative estimate of drug-likeness (QED) is 0.228. The summed E-state index contributed by atoms with van der Waals surface area (Å²) in [4.78, 5) is 32.3. The molecule has 5 aromatic rings. The van der Waals surface area contributed by atoms with E-state index in [4.69, 9.17) is 16.3 Å². The van der Waals surface area contributed by atoms with Crippen molar-refractivity contribution in [3.8, 4) is 0 Å². The molecule has 0 fully saturated rings. The lowest BCUT2D eigenvalue weighted by atomic mass is 9.96. The number of halogens is 2. The lowest BCUT2D eigenvalue weighted by molar-refractivity contribution is -0.139. The first-order chi connectivity index (χ1) is 20.3. The molecule has 0 N–H and O–H groups in total. The molecule has 0 spiro atoms. The van der Waals surface area contributed by atoms with Crippen LogP contribution in [0.25, 0.3) is 17.0 Å². The van der Waals surface area contributed by atoms with Crippen molar-refractivity contribution in [1.29, 1.82) is 0 Å². The normalized spacial score (nSPS) is 15.2. The predicted molar refractivity (Wildman–Crippen MR) is 164 cm³/mol. The highest BCUT2D eigenvalue weighted by Gasteiger charge is 2.33. The first kappa shape index (κ1) is 27.9. The van der Waals surface area contributed by atoms with Gasteiger partial charge >= 0.3 is 5.97 Å². The molecule has 0 saturated heterocycles. The molecule has 0 saturated carbocycles. The lowest BCUT2D eigenvalue weighted by Crippen LogP contribution is -2.39. The van der Waals surface area contributed by atoms with Crippen molar-refractivity contribution in [2.45, 2.75) is 33.4 Å². The number of ether oxygens (including phenoxy) is 1. The molecule has 212 valence electrons. The number of para-hydroxylation sites is 1. The van der Waals surface area contributed by atoms with Gasteiger partial charge in [0, 0.05) is 33.7 Å². The summed E-state index contributed by atoms with van der Waals surface area (Å²) in [5.74, 6) is -0.960. The van der Waals surface area contributed by atoms with Crippen molar-refractivity contribution in [2.24, 2.45) is 4.99 Å². The fraction of sp³-hybridized carbons (Fsp3) is 0.182. The molecule has 6 nitrogen and oxygen atoms in total. The highest BCUT2D eigenvalue weighted by molar-refractivity contribution is 7.07. The summed E-state index contributed by atoms with van der Waals surface area (Å²) >= 11 is 7.37. The van der Waals surface area contributed by atoms with Crippen LogP contribution < -0.4 is 14.9 Å². The van der Waals surface area contributed by atoms with Crippen LogP contribution in [0.1, 0.15) is 42.3 Å². The SMILES string of the molecule is CCOC(=O)C1=C(C)N=c2s/c(=C\c3c(C)n(Cc4ccc(Cl)cc4)c4ccccc34)c(=O)n2[C@H]1c1ccc(F)cc1. The third kappa shape index (κ3) is 4.91. The average molecular weight is 600 g/mol. The topological polar surface area (TPSA) is 65.6 Å². The summed E-state index contributed by atoms with van der Waals surface area (Å²) in [6.07, 6.45) is 1.91. The third-order valence-corrected chi connectivity index (χ3v) is 8.75. The number of esters is 1. The predicted octanol–water partition coefficient (Wildman–Crippen LogP) is 5.90. The molecule has 6 rings (SSSR count). The Kier molecular flexibility index (Phi) is 7.43. The molecule has 0 aliphatic carbocycles. The molecule has 0 unspecified atom stereocenters. The van der Waals surface area contributed by atoms with Crippen molar-refractivity contribution < 1.29 is 13.9 Å². The zero-order valence-corrected chi connectivity index (χ0v) is 24.8. The van der Waals surface area contributed by atoms with Crippen molar-refractivity contribution in [3.05, 3.63) is 137 Å². The van der Waals surface area contributed by atoms with Crippen molar-refractivity contribution in [1.82, 2.24) is 9.13 Å². The molecule has 2 aromatic heterocycles. The van der Waals surface area contributed by atoms with Gasteiger partial charge in [0.25, 0.3) is 5.56 Å². The number of hydrogen-bond donors (Lipinski definition) is 0. The number of carbonyl (C=O) groups excluding carboxylic acids is 1. The molecular weight excluding hydrogens is 573 g/mol. The van der Waals surface area contributed by atoms with Gasteiger partial charge in [-0.3, -0.25) is 9.36 Å². The number of fused-ring (bicyclic) bond motifs is 2. The van der Waals surface area contributed by atoms with E-state index < -0.39 is 17.8 Å². The molecule has 1 aliphatic heterocycles. The number of hydrogen-bond acceptors (Lipinski definition) is 5. The van der Waals surface area contributed by atoms with Gasteiger partial charge in [-0.2, -0.15) is 0 Å². The molecule has 9 heteroatoms. The number of allylic oxidation sites excluding steroid dienone is 1. The van der Waals surface area contributed by atoms with Gasteiger partial charge in [0.1, 0.15) is 5.82 Å². The first-order valence-electron chi connectivity index (χ1n) is 13.5. The molecule has 0 amide bonds. The van der Waals surface area contributed by atoms with Gasteiger partial charge < -0.3 is 9.30 Å². The van der Waals surface area contributed by atoms with E-state index in [1.54, 1.807) is 26.0 Å². The highest BCUT2D eigenvalue weighted by atomic mass is 35.5. The van der Waals surface area contributed by atoms with E-state index in [0.717, 1.165) is 27.7 Å². The highest BCUT2D eigenvalue weighted by Crippen LogP contribution is 2.31. The summed E-state index contributed by atoms with van der Waals surface area (Å²) in [7, 11) is 0. The monoisotopic (exact) mass is 599 g/mol. The molecule has 3 aromatic carbocycles. The fourth-order valence-electron chi connectivity index (χ4n) is 5.50. The number of thiazole rings is 1. The van der Waals surface area contributed by atoms with Crippen LogP contribution in [-0.4, -0.2) is 21.7 Å². The Labute approximate surface area is 250 Å². The standard InChI is InChI=1S/C33H27ClFN3O3S/c1-4-41-32(40)29-19(2)36-33-38(30(29)22-11-15-24(35)16-12-22)31(39)28(42-33)17-26-20(3)37(27-8-6-5-7-25(26)27)18-21-9-13-23(34)14-10-21/h5-17,30H,4,18H2,1-3H3/b28-17-/t30-/m0/s1. The van der Waals surface area contributed by atoms with Crippen LogP contribution in [0.4, 0.5) is 4.39 Å². The average Bonchev–Trinajstić information content (AvgIpc) is 3.42. The van der Waals surface area contributed by atoms with Crippen LogP contribution in [0.5, 0.6) is 0 Å². The van der Waals surface area contributed by atoms with Gasteiger partial charge in [0.15, 0.2) is 4.80 Å². The molecule has 42 heavy (non-hydrogen) atoms. The summed E-state index contributed by atoms with van der Waals surface area (Å²) < 4.78 is 23.4.